The number of aliphatic hydroxyl groups is 1. The number of carbonyl (C=O) groups excluding carboxylic acids is 1. The third-order valence-electron chi connectivity index (χ3n) is 6.98. The first-order valence-corrected chi connectivity index (χ1v) is 11.1. The first-order valence-electron chi connectivity index (χ1n) is 11.1. The molecule has 190 valence electrons. The van der Waals surface area contributed by atoms with Gasteiger partial charge in [-0.05, 0) is 23.3 Å². The van der Waals surface area contributed by atoms with Crippen LogP contribution in [0.1, 0.15) is 39.9 Å². The lowest BCUT2D eigenvalue weighted by atomic mass is 9.71. The fourth-order valence-electron chi connectivity index (χ4n) is 4.94. The zero-order valence-electron chi connectivity index (χ0n) is 19.1. The Hall–Kier alpha value is -3.33. The maximum atomic E-state index is 13.3. The summed E-state index contributed by atoms with van der Waals surface area (Å²) in [6, 6.07) is 21.5. The van der Waals surface area contributed by atoms with Gasteiger partial charge in [-0.3, -0.25) is 4.79 Å². The molecule has 3 nitrogen and oxygen atoms in total. The van der Waals surface area contributed by atoms with Gasteiger partial charge in [-0.15, -0.1) is 0 Å². The highest BCUT2D eigenvalue weighted by Crippen LogP contribution is 2.51. The topological polar surface area (TPSA) is 40.5 Å². The molecular weight excluding hydrogens is 484 g/mol. The van der Waals surface area contributed by atoms with Crippen LogP contribution in [0.3, 0.4) is 0 Å². The van der Waals surface area contributed by atoms with Crippen LogP contribution >= 0.6 is 0 Å². The van der Waals surface area contributed by atoms with Gasteiger partial charge in [-0.2, -0.15) is 26.3 Å². The largest absolute Gasteiger partial charge is 0.430 e. The summed E-state index contributed by atoms with van der Waals surface area (Å²) in [7, 11) is 0. The standard InChI is InChI=1S/C27H23F6NO2/c1-24(20-10-6-3-7-11-20)17-34(23(35)19-8-4-2-5-9-19)16-22(24)18-12-14-21(15-13-18)25(36,26(28,29)30)27(31,32)33/h2-15,22,36H,16-17H2,1H3/t22-,24+/m0/s1. The van der Waals surface area contributed by atoms with E-state index in [9.17, 15) is 36.2 Å². The molecule has 1 amide bonds. The Morgan fingerprint density at radius 3 is 1.83 bits per heavy atom. The summed E-state index contributed by atoms with van der Waals surface area (Å²) < 4.78 is 79.9. The Labute approximate surface area is 204 Å². The molecule has 1 fully saturated rings. The van der Waals surface area contributed by atoms with E-state index in [0.717, 1.165) is 5.56 Å². The number of hydrogen-bond donors (Lipinski definition) is 1. The minimum atomic E-state index is -5.96. The van der Waals surface area contributed by atoms with Crippen molar-refractivity contribution in [3.63, 3.8) is 0 Å². The van der Waals surface area contributed by atoms with E-state index >= 15 is 0 Å². The first-order chi connectivity index (χ1) is 16.8. The molecule has 0 unspecified atom stereocenters. The third-order valence-corrected chi connectivity index (χ3v) is 6.98. The summed E-state index contributed by atoms with van der Waals surface area (Å²) in [5.74, 6) is -0.646. The van der Waals surface area contributed by atoms with E-state index in [-0.39, 0.29) is 12.5 Å². The zero-order valence-corrected chi connectivity index (χ0v) is 19.1. The summed E-state index contributed by atoms with van der Waals surface area (Å²) in [4.78, 5) is 14.8. The van der Waals surface area contributed by atoms with Crippen LogP contribution in [0.25, 0.3) is 0 Å². The van der Waals surface area contributed by atoms with Crippen LogP contribution in [0.2, 0.25) is 0 Å². The molecule has 1 aliphatic heterocycles. The Kier molecular flexibility index (Phi) is 6.41. The van der Waals surface area contributed by atoms with Crippen LogP contribution in [0.4, 0.5) is 26.3 Å². The second-order valence-electron chi connectivity index (χ2n) is 9.22. The van der Waals surface area contributed by atoms with Gasteiger partial charge in [-0.1, -0.05) is 79.7 Å². The van der Waals surface area contributed by atoms with E-state index in [0.29, 0.717) is 29.8 Å². The number of halogens is 6. The predicted molar refractivity (Wildman–Crippen MR) is 121 cm³/mol. The van der Waals surface area contributed by atoms with Crippen molar-refractivity contribution >= 4 is 5.91 Å². The highest BCUT2D eigenvalue weighted by Gasteiger charge is 2.71. The summed E-state index contributed by atoms with van der Waals surface area (Å²) >= 11 is 0. The van der Waals surface area contributed by atoms with Crippen molar-refractivity contribution in [2.75, 3.05) is 13.1 Å². The van der Waals surface area contributed by atoms with E-state index in [4.69, 9.17) is 0 Å². The van der Waals surface area contributed by atoms with Crippen molar-refractivity contribution in [2.24, 2.45) is 0 Å². The van der Waals surface area contributed by atoms with Crippen LogP contribution in [0, 0.1) is 0 Å². The van der Waals surface area contributed by atoms with Gasteiger partial charge in [0.1, 0.15) is 0 Å². The molecule has 1 N–H and O–H groups in total. The Balaban J connectivity index is 1.74. The number of hydrogen-bond acceptors (Lipinski definition) is 2. The van der Waals surface area contributed by atoms with Gasteiger partial charge in [-0.25, -0.2) is 0 Å². The van der Waals surface area contributed by atoms with Gasteiger partial charge in [0.15, 0.2) is 0 Å². The van der Waals surface area contributed by atoms with E-state index in [1.54, 1.807) is 35.2 Å². The second kappa shape index (κ2) is 8.96. The normalized spacial score (nSPS) is 21.0. The molecule has 3 aromatic rings. The monoisotopic (exact) mass is 507 g/mol. The molecule has 36 heavy (non-hydrogen) atoms. The van der Waals surface area contributed by atoms with Crippen LogP contribution < -0.4 is 0 Å². The molecule has 2 atom stereocenters. The number of carbonyl (C=O) groups is 1. The van der Waals surface area contributed by atoms with Gasteiger partial charge >= 0.3 is 12.4 Å². The Morgan fingerprint density at radius 1 is 0.833 bits per heavy atom. The number of likely N-dealkylation sites (tertiary alicyclic amines) is 1. The lowest BCUT2D eigenvalue weighted by Gasteiger charge is -2.34. The molecule has 1 heterocycles. The molecule has 0 aliphatic carbocycles. The molecule has 0 spiro atoms. The summed E-state index contributed by atoms with van der Waals surface area (Å²) in [5, 5.41) is 9.73. The van der Waals surface area contributed by atoms with E-state index in [1.807, 2.05) is 37.3 Å². The minimum Gasteiger partial charge on any atom is -0.369 e. The number of amides is 1. The SMILES string of the molecule is C[C@]1(c2ccccc2)CN(C(=O)c2ccccc2)C[C@H]1c1ccc(C(O)(C(F)(F)F)C(F)(F)F)cc1. The van der Waals surface area contributed by atoms with Gasteiger partial charge in [0.05, 0.1) is 0 Å². The number of benzene rings is 3. The van der Waals surface area contributed by atoms with Gasteiger partial charge in [0, 0.05) is 35.5 Å². The number of alkyl halides is 6. The Bertz CT molecular complexity index is 1200. The highest BCUT2D eigenvalue weighted by atomic mass is 19.4. The van der Waals surface area contributed by atoms with Gasteiger partial charge < -0.3 is 10.0 Å². The highest BCUT2D eigenvalue weighted by molar-refractivity contribution is 5.94. The first kappa shape index (κ1) is 25.8. The molecule has 0 bridgehead atoms. The summed E-state index contributed by atoms with van der Waals surface area (Å²) in [6.07, 6.45) is -11.9. The lowest BCUT2D eigenvalue weighted by Crippen LogP contribution is -2.53. The third kappa shape index (κ3) is 4.25. The molecule has 1 aliphatic rings. The quantitative estimate of drug-likeness (QED) is 0.428. The number of rotatable bonds is 4. The molecule has 1 saturated heterocycles. The van der Waals surface area contributed by atoms with Crippen molar-refractivity contribution in [3.05, 3.63) is 107 Å². The fraction of sp³-hybridized carbons (Fsp3) is 0.296. The van der Waals surface area contributed by atoms with E-state index < -0.39 is 34.8 Å². The van der Waals surface area contributed by atoms with Crippen molar-refractivity contribution in [2.45, 2.75) is 36.2 Å². The molecule has 3 aromatic carbocycles. The smallest absolute Gasteiger partial charge is 0.369 e. The minimum absolute atomic E-state index is 0.210. The molecule has 4 rings (SSSR count). The summed E-state index contributed by atoms with van der Waals surface area (Å²) in [5.41, 5.74) is -5.17. The van der Waals surface area contributed by atoms with Crippen LogP contribution in [0.5, 0.6) is 0 Å². The lowest BCUT2D eigenvalue weighted by molar-refractivity contribution is -0.376. The van der Waals surface area contributed by atoms with Crippen molar-refractivity contribution in [1.29, 1.82) is 0 Å². The molecular formula is C27H23F6NO2. The van der Waals surface area contributed by atoms with Crippen molar-refractivity contribution in [3.8, 4) is 0 Å². The van der Waals surface area contributed by atoms with Gasteiger partial charge in [0.25, 0.3) is 11.5 Å². The van der Waals surface area contributed by atoms with Crippen molar-refractivity contribution in [1.82, 2.24) is 4.90 Å². The average Bonchev–Trinajstić information content (AvgIpc) is 3.21. The molecule has 9 heteroatoms. The predicted octanol–water partition coefficient (Wildman–Crippen LogP) is 6.20. The molecule has 0 saturated carbocycles. The zero-order chi connectivity index (χ0) is 26.4. The van der Waals surface area contributed by atoms with Crippen molar-refractivity contribution < 1.29 is 36.2 Å². The second-order valence-corrected chi connectivity index (χ2v) is 9.22. The maximum Gasteiger partial charge on any atom is 0.430 e. The van der Waals surface area contributed by atoms with Crippen LogP contribution in [0.15, 0.2) is 84.9 Å². The molecule has 0 aromatic heterocycles. The fourth-order valence-corrected chi connectivity index (χ4v) is 4.94. The van der Waals surface area contributed by atoms with E-state index in [1.165, 1.54) is 12.1 Å². The Morgan fingerprint density at radius 2 is 1.33 bits per heavy atom. The number of nitrogens with zero attached hydrogens (tertiary/aromatic N) is 1. The summed E-state index contributed by atoms with van der Waals surface area (Å²) in [6.45, 7) is 2.43. The molecule has 0 radical (unpaired) electrons. The van der Waals surface area contributed by atoms with Gasteiger partial charge in [0.2, 0.25) is 0 Å². The van der Waals surface area contributed by atoms with Crippen LogP contribution in [-0.4, -0.2) is 41.4 Å². The van der Waals surface area contributed by atoms with E-state index in [2.05, 4.69) is 0 Å². The maximum absolute atomic E-state index is 13.3. The average molecular weight is 507 g/mol. The van der Waals surface area contributed by atoms with Crippen LogP contribution in [-0.2, 0) is 11.0 Å².